The van der Waals surface area contributed by atoms with Gasteiger partial charge in [0.05, 0.1) is 5.56 Å². The molecule has 3 aromatic carbocycles. The molecule has 3 rings (SSSR count). The van der Waals surface area contributed by atoms with E-state index in [0.29, 0.717) is 23.0 Å². The molecule has 0 aliphatic heterocycles. The van der Waals surface area contributed by atoms with E-state index in [2.05, 4.69) is 25.2 Å². The van der Waals surface area contributed by atoms with Gasteiger partial charge in [-0.05, 0) is 48.2 Å². The maximum absolute atomic E-state index is 12.9. The monoisotopic (exact) mass is 345 g/mol. The average molecular weight is 345 g/mol. The topological polar surface area (TPSA) is 38.3 Å². The van der Waals surface area contributed by atoms with Crippen LogP contribution in [-0.2, 0) is 0 Å². The number of nitrogens with one attached hydrogen (secondary N) is 1. The third-order valence-electron chi connectivity index (χ3n) is 4.45. The second-order valence-corrected chi connectivity index (χ2v) is 6.26. The molecule has 132 valence electrons. The number of anilines is 1. The molecule has 0 aromatic heterocycles. The molecule has 0 aliphatic rings. The average Bonchev–Trinajstić information content (AvgIpc) is 2.69. The minimum Gasteiger partial charge on any atom is -0.457 e. The number of rotatable bonds is 6. The maximum Gasteiger partial charge on any atom is 0.259 e. The van der Waals surface area contributed by atoms with Crippen LogP contribution in [0.2, 0.25) is 0 Å². The van der Waals surface area contributed by atoms with Crippen molar-refractivity contribution in [2.24, 2.45) is 0 Å². The third kappa shape index (κ3) is 4.12. The molecule has 0 heterocycles. The molecule has 0 spiro atoms. The summed E-state index contributed by atoms with van der Waals surface area (Å²) in [5, 5.41) is 3.05. The Balaban J connectivity index is 1.86. The smallest absolute Gasteiger partial charge is 0.259 e. The highest BCUT2D eigenvalue weighted by atomic mass is 16.5. The molecule has 1 amide bonds. The molecule has 0 fully saturated rings. The van der Waals surface area contributed by atoms with Gasteiger partial charge in [-0.3, -0.25) is 4.79 Å². The fraction of sp³-hybridized carbons (Fsp3) is 0.174. The largest absolute Gasteiger partial charge is 0.457 e. The van der Waals surface area contributed by atoms with Crippen LogP contribution in [0.25, 0.3) is 0 Å². The number of ether oxygens (including phenoxy) is 1. The van der Waals surface area contributed by atoms with E-state index in [0.717, 1.165) is 17.7 Å². The summed E-state index contributed by atoms with van der Waals surface area (Å²) in [5.41, 5.74) is 2.50. The van der Waals surface area contributed by atoms with Crippen molar-refractivity contribution in [2.75, 3.05) is 5.32 Å². The Morgan fingerprint density at radius 1 is 0.923 bits per heavy atom. The van der Waals surface area contributed by atoms with Crippen molar-refractivity contribution < 1.29 is 9.53 Å². The molecule has 0 bridgehead atoms. The van der Waals surface area contributed by atoms with E-state index in [1.165, 1.54) is 0 Å². The third-order valence-corrected chi connectivity index (χ3v) is 4.45. The first kappa shape index (κ1) is 17.7. The molecule has 0 aliphatic carbocycles. The molecule has 0 saturated carbocycles. The molecule has 26 heavy (non-hydrogen) atoms. The SMILES string of the molecule is CC[C@@H](C)c1ccccc1NC(=O)c1ccccc1Oc1ccccc1. The Labute approximate surface area is 154 Å². The van der Waals surface area contributed by atoms with Crippen LogP contribution >= 0.6 is 0 Å². The second-order valence-electron chi connectivity index (χ2n) is 6.26. The quantitative estimate of drug-likeness (QED) is 0.574. The van der Waals surface area contributed by atoms with Crippen LogP contribution in [0, 0.1) is 0 Å². The van der Waals surface area contributed by atoms with Crippen molar-refractivity contribution in [1.82, 2.24) is 0 Å². The summed E-state index contributed by atoms with van der Waals surface area (Å²) in [6, 6.07) is 24.7. The summed E-state index contributed by atoms with van der Waals surface area (Å²) >= 11 is 0. The van der Waals surface area contributed by atoms with Crippen molar-refractivity contribution in [3.8, 4) is 11.5 Å². The van der Waals surface area contributed by atoms with Gasteiger partial charge in [0, 0.05) is 5.69 Å². The Bertz CT molecular complexity index is 874. The molecule has 0 unspecified atom stereocenters. The Morgan fingerprint density at radius 3 is 2.35 bits per heavy atom. The highest BCUT2D eigenvalue weighted by molar-refractivity contribution is 6.06. The fourth-order valence-electron chi connectivity index (χ4n) is 2.81. The molecule has 0 radical (unpaired) electrons. The van der Waals surface area contributed by atoms with Gasteiger partial charge in [0.15, 0.2) is 0 Å². The Morgan fingerprint density at radius 2 is 1.58 bits per heavy atom. The molecule has 3 aromatic rings. The highest BCUT2D eigenvalue weighted by Crippen LogP contribution is 2.29. The maximum atomic E-state index is 12.9. The van der Waals surface area contributed by atoms with E-state index < -0.39 is 0 Å². The Hall–Kier alpha value is -3.07. The zero-order valence-corrected chi connectivity index (χ0v) is 15.1. The lowest BCUT2D eigenvalue weighted by Crippen LogP contribution is -2.14. The van der Waals surface area contributed by atoms with Gasteiger partial charge in [0.2, 0.25) is 0 Å². The van der Waals surface area contributed by atoms with Gasteiger partial charge in [-0.1, -0.05) is 62.4 Å². The first-order chi connectivity index (χ1) is 12.7. The van der Waals surface area contributed by atoms with Crippen LogP contribution in [0.15, 0.2) is 78.9 Å². The zero-order chi connectivity index (χ0) is 18.4. The molecule has 1 N–H and O–H groups in total. The van der Waals surface area contributed by atoms with Gasteiger partial charge in [0.25, 0.3) is 5.91 Å². The molecular weight excluding hydrogens is 322 g/mol. The molecule has 1 atom stereocenters. The van der Waals surface area contributed by atoms with E-state index in [4.69, 9.17) is 4.74 Å². The van der Waals surface area contributed by atoms with Crippen molar-refractivity contribution in [1.29, 1.82) is 0 Å². The number of amides is 1. The van der Waals surface area contributed by atoms with Crippen molar-refractivity contribution in [2.45, 2.75) is 26.2 Å². The van der Waals surface area contributed by atoms with E-state index >= 15 is 0 Å². The molecule has 0 saturated heterocycles. The first-order valence-electron chi connectivity index (χ1n) is 8.91. The summed E-state index contributed by atoms with van der Waals surface area (Å²) in [4.78, 5) is 12.9. The van der Waals surface area contributed by atoms with Crippen molar-refractivity contribution in [3.63, 3.8) is 0 Å². The lowest BCUT2D eigenvalue weighted by Gasteiger charge is -2.16. The predicted octanol–water partition coefficient (Wildman–Crippen LogP) is 6.24. The summed E-state index contributed by atoms with van der Waals surface area (Å²) in [7, 11) is 0. The van der Waals surface area contributed by atoms with E-state index in [1.54, 1.807) is 6.07 Å². The van der Waals surface area contributed by atoms with E-state index in [9.17, 15) is 4.79 Å². The predicted molar refractivity (Wildman–Crippen MR) is 106 cm³/mol. The zero-order valence-electron chi connectivity index (χ0n) is 15.1. The number of benzene rings is 3. The van der Waals surface area contributed by atoms with Gasteiger partial charge in [-0.15, -0.1) is 0 Å². The normalized spacial score (nSPS) is 11.6. The van der Waals surface area contributed by atoms with Gasteiger partial charge < -0.3 is 10.1 Å². The van der Waals surface area contributed by atoms with Crippen LogP contribution in [0.1, 0.15) is 42.1 Å². The summed E-state index contributed by atoms with van der Waals surface area (Å²) in [6.07, 6.45) is 1.01. The number of para-hydroxylation sites is 3. The Kier molecular flexibility index (Phi) is 5.69. The van der Waals surface area contributed by atoms with Crippen molar-refractivity contribution in [3.05, 3.63) is 90.0 Å². The lowest BCUT2D eigenvalue weighted by molar-refractivity contribution is 0.102. The second kappa shape index (κ2) is 8.34. The van der Waals surface area contributed by atoms with Crippen LogP contribution in [0.3, 0.4) is 0 Å². The summed E-state index contributed by atoms with van der Waals surface area (Å²) < 4.78 is 5.91. The highest BCUT2D eigenvalue weighted by Gasteiger charge is 2.16. The number of carbonyl (C=O) groups is 1. The molecule has 3 nitrogen and oxygen atoms in total. The van der Waals surface area contributed by atoms with Gasteiger partial charge in [0.1, 0.15) is 11.5 Å². The number of carbonyl (C=O) groups excluding carboxylic acids is 1. The fourth-order valence-corrected chi connectivity index (χ4v) is 2.81. The first-order valence-corrected chi connectivity index (χ1v) is 8.91. The van der Waals surface area contributed by atoms with Crippen LogP contribution in [-0.4, -0.2) is 5.91 Å². The van der Waals surface area contributed by atoms with E-state index in [-0.39, 0.29) is 5.91 Å². The minimum absolute atomic E-state index is 0.174. The minimum atomic E-state index is -0.174. The van der Waals surface area contributed by atoms with Gasteiger partial charge in [-0.2, -0.15) is 0 Å². The van der Waals surface area contributed by atoms with E-state index in [1.807, 2.05) is 66.7 Å². The molecule has 3 heteroatoms. The number of hydrogen-bond donors (Lipinski definition) is 1. The van der Waals surface area contributed by atoms with Crippen LogP contribution in [0.5, 0.6) is 11.5 Å². The van der Waals surface area contributed by atoms with Gasteiger partial charge >= 0.3 is 0 Å². The molecular formula is C23H23NO2. The van der Waals surface area contributed by atoms with Crippen molar-refractivity contribution >= 4 is 11.6 Å². The van der Waals surface area contributed by atoms with Gasteiger partial charge in [-0.25, -0.2) is 0 Å². The summed E-state index contributed by atoms with van der Waals surface area (Å²) in [5.74, 6) is 1.44. The standard InChI is InChI=1S/C23H23NO2/c1-3-17(2)19-13-7-9-15-21(19)24-23(25)20-14-8-10-16-22(20)26-18-11-5-4-6-12-18/h4-17H,3H2,1-2H3,(H,24,25)/t17-/m1/s1. The van der Waals surface area contributed by atoms with Crippen LogP contribution in [0.4, 0.5) is 5.69 Å². The summed E-state index contributed by atoms with van der Waals surface area (Å²) in [6.45, 7) is 4.31. The lowest BCUT2D eigenvalue weighted by atomic mass is 9.96. The van der Waals surface area contributed by atoms with Crippen LogP contribution < -0.4 is 10.1 Å². The number of hydrogen-bond acceptors (Lipinski definition) is 2.